The number of Topliss-reactive ketones (excluding diaryl/α,β-unsaturated/α-hetero) is 1. The van der Waals surface area contributed by atoms with E-state index < -0.39 is 39.9 Å². The molecular formula is C21H34O7S. The number of hydrogen-bond acceptors (Lipinski definition) is 6. The maximum Gasteiger partial charge on any atom is 0.397 e. The van der Waals surface area contributed by atoms with Gasteiger partial charge in [0.25, 0.3) is 0 Å². The normalized spacial score (nSPS) is 49.8. The molecule has 4 rings (SSSR count). The Morgan fingerprint density at radius 2 is 1.72 bits per heavy atom. The highest BCUT2D eigenvalue weighted by atomic mass is 32.3. The van der Waals surface area contributed by atoms with Crippen LogP contribution in [0.5, 0.6) is 0 Å². The number of carbonyl (C=O) groups is 1. The van der Waals surface area contributed by atoms with E-state index in [0.717, 1.165) is 38.5 Å². The monoisotopic (exact) mass is 430 g/mol. The van der Waals surface area contributed by atoms with Gasteiger partial charge in [0.1, 0.15) is 12.2 Å². The topological polar surface area (TPSA) is 121 Å². The zero-order chi connectivity index (χ0) is 21.2. The molecule has 0 saturated heterocycles. The molecule has 0 heterocycles. The molecule has 0 bridgehead atoms. The first-order chi connectivity index (χ1) is 13.4. The van der Waals surface area contributed by atoms with Gasteiger partial charge in [0.05, 0.1) is 6.10 Å². The number of hydrogen-bond donors (Lipinski definition) is 3. The quantitative estimate of drug-likeness (QED) is 0.586. The third kappa shape index (κ3) is 3.21. The molecule has 0 aromatic rings. The summed E-state index contributed by atoms with van der Waals surface area (Å²) >= 11 is 0. The van der Waals surface area contributed by atoms with Gasteiger partial charge < -0.3 is 10.2 Å². The molecule has 0 radical (unpaired) electrons. The largest absolute Gasteiger partial charge is 0.397 e. The average Bonchev–Trinajstić information content (AvgIpc) is 2.92. The van der Waals surface area contributed by atoms with Crippen LogP contribution in [0.1, 0.15) is 71.6 Å². The fourth-order valence-electron chi connectivity index (χ4n) is 8.08. The lowest BCUT2D eigenvalue weighted by atomic mass is 9.44. The van der Waals surface area contributed by atoms with Crippen LogP contribution in [0.2, 0.25) is 0 Å². The third-order valence-electron chi connectivity index (χ3n) is 9.63. The van der Waals surface area contributed by atoms with E-state index in [1.807, 2.05) is 6.92 Å². The Balaban J connectivity index is 1.55. The highest BCUT2D eigenvalue weighted by molar-refractivity contribution is 7.80. The van der Waals surface area contributed by atoms with Gasteiger partial charge in [-0.3, -0.25) is 9.35 Å². The fraction of sp³-hybridized carbons (Fsp3) is 0.952. The lowest BCUT2D eigenvalue weighted by Crippen LogP contribution is -2.59. The Morgan fingerprint density at radius 3 is 2.38 bits per heavy atom. The molecule has 0 aromatic carbocycles. The van der Waals surface area contributed by atoms with Gasteiger partial charge in [0, 0.05) is 5.41 Å². The van der Waals surface area contributed by atoms with Crippen molar-refractivity contribution in [3.05, 3.63) is 0 Å². The number of aliphatic hydroxyl groups is 2. The first-order valence-corrected chi connectivity index (χ1v) is 12.3. The summed E-state index contributed by atoms with van der Waals surface area (Å²) in [6.07, 6.45) is 6.61. The van der Waals surface area contributed by atoms with Crippen LogP contribution in [0.4, 0.5) is 0 Å². The van der Waals surface area contributed by atoms with Gasteiger partial charge in [-0.2, -0.15) is 8.42 Å². The van der Waals surface area contributed by atoms with Crippen LogP contribution in [0.3, 0.4) is 0 Å². The summed E-state index contributed by atoms with van der Waals surface area (Å²) in [5.74, 6) is 1.11. The number of fused-ring (bicyclic) bond motifs is 5. The van der Waals surface area contributed by atoms with Crippen LogP contribution in [0.15, 0.2) is 0 Å². The molecule has 8 heteroatoms. The molecule has 0 spiro atoms. The van der Waals surface area contributed by atoms with Crippen molar-refractivity contribution in [3.8, 4) is 0 Å². The van der Waals surface area contributed by atoms with Crippen molar-refractivity contribution >= 4 is 16.2 Å². The van der Waals surface area contributed by atoms with Crippen LogP contribution in [-0.4, -0.2) is 47.3 Å². The first-order valence-electron chi connectivity index (χ1n) is 11.0. The molecule has 0 aromatic heterocycles. The highest BCUT2D eigenvalue weighted by Gasteiger charge is 2.66. The Bertz CT molecular complexity index is 782. The van der Waals surface area contributed by atoms with Crippen LogP contribution < -0.4 is 0 Å². The molecule has 4 aliphatic carbocycles. The average molecular weight is 431 g/mol. The van der Waals surface area contributed by atoms with Gasteiger partial charge in [0.15, 0.2) is 5.78 Å². The maximum absolute atomic E-state index is 12.4. The standard InChI is InChI=1S/C21H34O7S/c1-19-8-5-14(28-29(25,26)27)11-13(19)3-4-15-16(19)6-9-20(2)17(15)7-10-21(20,24)18(23)12-22/h13-17,22,24H,3-12H2,1-2H3,(H,25,26,27)/t13-,14+,15+,16-,17-,19-,20-,21-/m0/s1. The summed E-state index contributed by atoms with van der Waals surface area (Å²) < 4.78 is 36.2. The van der Waals surface area contributed by atoms with Gasteiger partial charge in [-0.25, -0.2) is 4.18 Å². The number of ketones is 1. The Labute approximate surface area is 173 Å². The fourth-order valence-corrected chi connectivity index (χ4v) is 8.60. The molecule has 0 unspecified atom stereocenters. The molecule has 0 aliphatic heterocycles. The van der Waals surface area contributed by atoms with Gasteiger partial charge in [-0.15, -0.1) is 0 Å². The molecule has 4 saturated carbocycles. The second-order valence-electron chi connectivity index (χ2n) is 10.5. The summed E-state index contributed by atoms with van der Waals surface area (Å²) in [6.45, 7) is 3.75. The lowest BCUT2D eigenvalue weighted by Gasteiger charge is -2.61. The zero-order valence-corrected chi connectivity index (χ0v) is 18.2. The van der Waals surface area contributed by atoms with Crippen LogP contribution in [-0.2, 0) is 19.4 Å². The molecule has 7 nitrogen and oxygen atoms in total. The van der Waals surface area contributed by atoms with Gasteiger partial charge in [0.2, 0.25) is 0 Å². The molecule has 4 aliphatic rings. The van der Waals surface area contributed by atoms with Crippen molar-refractivity contribution < 1.29 is 32.2 Å². The highest BCUT2D eigenvalue weighted by Crippen LogP contribution is 2.68. The van der Waals surface area contributed by atoms with Gasteiger partial charge in [-0.1, -0.05) is 13.8 Å². The van der Waals surface area contributed by atoms with Crippen molar-refractivity contribution in [2.24, 2.45) is 34.5 Å². The first kappa shape index (κ1) is 21.7. The molecule has 29 heavy (non-hydrogen) atoms. The maximum atomic E-state index is 12.4. The van der Waals surface area contributed by atoms with Crippen molar-refractivity contribution in [1.29, 1.82) is 0 Å². The van der Waals surface area contributed by atoms with E-state index in [1.165, 1.54) is 0 Å². The molecular weight excluding hydrogens is 396 g/mol. The second-order valence-corrected chi connectivity index (χ2v) is 11.6. The number of aliphatic hydroxyl groups excluding tert-OH is 1. The smallest absolute Gasteiger partial charge is 0.388 e. The lowest BCUT2D eigenvalue weighted by molar-refractivity contribution is -0.173. The van der Waals surface area contributed by atoms with Gasteiger partial charge >= 0.3 is 10.4 Å². The van der Waals surface area contributed by atoms with Crippen LogP contribution >= 0.6 is 0 Å². The van der Waals surface area contributed by atoms with Crippen molar-refractivity contribution in [1.82, 2.24) is 0 Å². The Morgan fingerprint density at radius 1 is 1.03 bits per heavy atom. The Hall–Kier alpha value is -0.540. The van der Waals surface area contributed by atoms with E-state index in [1.54, 1.807) is 0 Å². The molecule has 4 fully saturated rings. The molecule has 0 amide bonds. The summed E-state index contributed by atoms with van der Waals surface area (Å²) in [5.41, 5.74) is -1.82. The molecule has 166 valence electrons. The zero-order valence-electron chi connectivity index (χ0n) is 17.3. The predicted octanol–water partition coefficient (Wildman–Crippen LogP) is 2.51. The van der Waals surface area contributed by atoms with Crippen LogP contribution in [0, 0.1) is 34.5 Å². The van der Waals surface area contributed by atoms with Crippen LogP contribution in [0.25, 0.3) is 0 Å². The number of rotatable bonds is 4. The second kappa shape index (κ2) is 6.99. The predicted molar refractivity (Wildman–Crippen MR) is 105 cm³/mol. The van der Waals surface area contributed by atoms with Gasteiger partial charge in [-0.05, 0) is 86.9 Å². The summed E-state index contributed by atoms with van der Waals surface area (Å²) in [7, 11) is -4.43. The SMILES string of the molecule is C[C@]12CC[C@@H](OS(=O)(=O)O)C[C@@H]1CC[C@@H]1[C@@H]2CC[C@@]2(C)[C@H]1CC[C@]2(O)C(=O)CO. The molecule has 8 atom stereocenters. The third-order valence-corrected chi connectivity index (χ3v) is 10.1. The minimum absolute atomic E-state index is 0.0883. The summed E-state index contributed by atoms with van der Waals surface area (Å²) in [5, 5.41) is 20.7. The minimum atomic E-state index is -4.43. The minimum Gasteiger partial charge on any atom is -0.388 e. The van der Waals surface area contributed by atoms with E-state index >= 15 is 0 Å². The van der Waals surface area contributed by atoms with E-state index in [2.05, 4.69) is 6.92 Å². The van der Waals surface area contributed by atoms with Crippen molar-refractivity contribution in [2.75, 3.05) is 6.61 Å². The van der Waals surface area contributed by atoms with E-state index in [9.17, 15) is 23.4 Å². The van der Waals surface area contributed by atoms with Crippen molar-refractivity contribution in [2.45, 2.75) is 83.3 Å². The number of carbonyl (C=O) groups excluding carboxylic acids is 1. The molecule has 3 N–H and O–H groups in total. The Kier molecular flexibility index (Phi) is 5.22. The van der Waals surface area contributed by atoms with Crippen molar-refractivity contribution in [3.63, 3.8) is 0 Å². The summed E-state index contributed by atoms with van der Waals surface area (Å²) in [6, 6.07) is 0. The van der Waals surface area contributed by atoms with E-state index in [-0.39, 0.29) is 11.3 Å². The van der Waals surface area contributed by atoms with E-state index in [0.29, 0.717) is 37.0 Å². The van der Waals surface area contributed by atoms with E-state index in [4.69, 9.17) is 8.74 Å². The summed E-state index contributed by atoms with van der Waals surface area (Å²) in [4.78, 5) is 12.4.